The summed E-state index contributed by atoms with van der Waals surface area (Å²) in [4.78, 5) is 136. The summed E-state index contributed by atoms with van der Waals surface area (Å²) in [5.41, 5.74) is 7.21. The number of amides is 9. The van der Waals surface area contributed by atoms with Gasteiger partial charge in [0.2, 0.25) is 57.3 Å². The molecule has 14 N–H and O–H groups in total. The molecule has 0 radical (unpaired) electrons. The van der Waals surface area contributed by atoms with Gasteiger partial charge < -0.3 is 68.2 Å². The summed E-state index contributed by atoms with van der Waals surface area (Å²) >= 11 is 0. The van der Waals surface area contributed by atoms with Gasteiger partial charge in [-0.1, -0.05) is 125 Å². The number of aromatic nitrogens is 1. The molecule has 9 atom stereocenters. The number of nitrogens with two attached hydrogens (primary N) is 1. The zero-order valence-corrected chi connectivity index (χ0v) is 57.1. The Morgan fingerprint density at radius 3 is 2.14 bits per heavy atom. The number of allylic oxidation sites excluding steroid dienone is 6. The average Bonchev–Trinajstić information content (AvgIpc) is 1.79. The lowest BCUT2D eigenvalue weighted by Crippen LogP contribution is -2.62. The number of benzene rings is 2. The highest BCUT2D eigenvalue weighted by Crippen LogP contribution is 2.32. The first kappa shape index (κ1) is 77.9. The number of aliphatic imine (C=N–C) groups is 1. The van der Waals surface area contributed by atoms with Crippen molar-refractivity contribution >= 4 is 124 Å². The molecule has 31 heteroatoms. The molecule has 1 saturated heterocycles. The molecule has 0 spiro atoms. The van der Waals surface area contributed by atoms with Crippen LogP contribution in [0.15, 0.2) is 120 Å². The van der Waals surface area contributed by atoms with E-state index in [1.54, 1.807) is 95.6 Å². The molecule has 1 aliphatic heterocycles. The summed E-state index contributed by atoms with van der Waals surface area (Å²) in [7, 11) is -0.0147. The maximum atomic E-state index is 15.1. The number of nitrogens with zero attached hydrogens (tertiary/aromatic N) is 1. The number of para-hydroxylation sites is 1. The van der Waals surface area contributed by atoms with E-state index in [-0.39, 0.29) is 61.7 Å². The Bertz CT molecular complexity index is 3330. The molecule has 2 aromatic carbocycles. The number of rotatable bonds is 28. The zero-order valence-electron chi connectivity index (χ0n) is 53.0. The SMILES string of the molecule is C=C/C=C\C(=C/C)C[C@@H](NS(C)(=O)=O)C(=O)N[C@H]1CSSC[C@@H](C(=O)N[C@@H](CSS/C(=C/C=C)N=CC)C(N)=O)NC(=O)[C@H]([C@@H](C)O)NC(=O)[C@H](CCCCCNC(=O)OC(C)(C)C)NC(=O)[C@@H](Cc2c[nH]c3ccccc23)NC(=O)[C@H](Cc2ccc(O)cc2)NC1=O. The Kier molecular flexibility index (Phi) is 32.9. The van der Waals surface area contributed by atoms with Gasteiger partial charge in [-0.25, -0.2) is 17.9 Å². The number of unbranched alkanes of at least 4 members (excludes halogenated alkanes) is 2. The van der Waals surface area contributed by atoms with Gasteiger partial charge in [0.15, 0.2) is 0 Å². The maximum absolute atomic E-state index is 15.1. The van der Waals surface area contributed by atoms with Crippen molar-refractivity contribution in [3.05, 3.63) is 126 Å². The van der Waals surface area contributed by atoms with Crippen LogP contribution in [0.5, 0.6) is 5.75 Å². The van der Waals surface area contributed by atoms with Crippen LogP contribution in [0, 0.1) is 0 Å². The van der Waals surface area contributed by atoms with Crippen LogP contribution < -0.4 is 53.0 Å². The minimum absolute atomic E-state index is 0.0953. The van der Waals surface area contributed by atoms with Crippen molar-refractivity contribution in [2.24, 2.45) is 10.7 Å². The highest BCUT2D eigenvalue weighted by atomic mass is 33.1. The van der Waals surface area contributed by atoms with Crippen LogP contribution in [0.2, 0.25) is 0 Å². The number of H-pyrrole nitrogens is 1. The van der Waals surface area contributed by atoms with Crippen molar-refractivity contribution in [1.82, 2.24) is 52.2 Å². The number of phenolic OH excluding ortho intramolecular Hbond substituents is 1. The number of phenols is 1. The smallest absolute Gasteiger partial charge is 0.407 e. The minimum atomic E-state index is -4.10. The van der Waals surface area contributed by atoms with Crippen LogP contribution in [0.1, 0.15) is 84.8 Å². The third kappa shape index (κ3) is 28.3. The number of sulfonamides is 1. The van der Waals surface area contributed by atoms with E-state index in [1.165, 1.54) is 43.3 Å². The molecule has 0 saturated carbocycles. The van der Waals surface area contributed by atoms with Gasteiger partial charge in [0.25, 0.3) is 0 Å². The van der Waals surface area contributed by atoms with E-state index in [4.69, 9.17) is 10.5 Å². The maximum Gasteiger partial charge on any atom is 0.407 e. The number of carbonyl (C=O) groups excluding carboxylic acids is 9. The normalized spacial score (nSPS) is 20.6. The number of aliphatic hydroxyl groups excluding tert-OH is 1. The highest BCUT2D eigenvalue weighted by molar-refractivity contribution is 8.78. The molecule has 1 fully saturated rings. The quantitative estimate of drug-likeness (QED) is 0.0212. The average molecular weight is 1380 g/mol. The first-order valence-electron chi connectivity index (χ1n) is 29.7. The first-order chi connectivity index (χ1) is 44.0. The van der Waals surface area contributed by atoms with Crippen molar-refractivity contribution in [3.8, 4) is 5.75 Å². The number of hydrogen-bond donors (Lipinski definition) is 13. The molecule has 0 aliphatic carbocycles. The molecule has 9 amide bonds. The lowest BCUT2D eigenvalue weighted by atomic mass is 10.0. The second-order valence-corrected chi connectivity index (χ2v) is 29.1. The topological polar surface area (TPSA) is 400 Å². The van der Waals surface area contributed by atoms with Gasteiger partial charge in [0.05, 0.1) is 12.4 Å². The zero-order chi connectivity index (χ0) is 68.8. The van der Waals surface area contributed by atoms with Gasteiger partial charge in [-0.15, -0.1) is 0 Å². The predicted molar refractivity (Wildman–Crippen MR) is 368 cm³/mol. The molecule has 93 heavy (non-hydrogen) atoms. The molecule has 2 heterocycles. The molecule has 508 valence electrons. The van der Waals surface area contributed by atoms with Crippen LogP contribution >= 0.6 is 43.2 Å². The number of aromatic hydroxyl groups is 1. The Labute approximate surface area is 558 Å². The van der Waals surface area contributed by atoms with Gasteiger partial charge in [-0.05, 0) is 107 Å². The van der Waals surface area contributed by atoms with Gasteiger partial charge in [-0.2, -0.15) is 0 Å². The largest absolute Gasteiger partial charge is 0.508 e. The fourth-order valence-electron chi connectivity index (χ4n) is 8.94. The standard InChI is InChI=1S/C62H86N12O14S5/c1-10-14-21-38(12-3)30-47(74-93(9,86)87)57(81)71-49-35-89-90-36-50(59(83)70-48(53(63)77)34-91-92-51(20-11-2)64-13-4)72-60(84)52(37(5)75)73-54(78)44(24-16-15-19-29-65-61(85)88-62(6,7)8)67-56(80)46(32-40-33-66-43-23-18-17-22-42(40)43)69-55(79)45(68-58(49)82)31-39-25-27-41(76)28-26-39/h10-14,17-18,20-23,25-28,33,37,44-50,52,66,74-76H,1-2,15-16,19,24,29-32,34-36H2,3-9H3,(H2,63,77)(H,65,85)(H,67,80)(H,68,82)(H,69,79)(H,70,83)(H,71,81)(H,72,84)(H,73,78)/b21-14-,38-12+,51-20+,64-13?/t37-,44+,45+,46-,47-,48+,49+,50+,52+/m1/s1. The Morgan fingerprint density at radius 1 is 0.849 bits per heavy atom. The van der Waals surface area contributed by atoms with E-state index in [0.717, 1.165) is 49.4 Å². The summed E-state index contributed by atoms with van der Waals surface area (Å²) < 4.78 is 33.3. The highest BCUT2D eigenvalue weighted by Gasteiger charge is 2.37. The van der Waals surface area contributed by atoms with Gasteiger partial charge in [0.1, 0.15) is 64.7 Å². The number of alkyl carbamates (subject to hydrolysis) is 1. The van der Waals surface area contributed by atoms with Crippen LogP contribution in [0.3, 0.4) is 0 Å². The van der Waals surface area contributed by atoms with E-state index >= 15 is 14.4 Å². The fraction of sp³-hybridized carbons (Fsp3) is 0.452. The third-order valence-corrected chi connectivity index (χ3v) is 19.0. The number of primary amides is 1. The van der Waals surface area contributed by atoms with Crippen molar-refractivity contribution in [2.75, 3.05) is 30.1 Å². The molecule has 0 bridgehead atoms. The van der Waals surface area contributed by atoms with Crippen molar-refractivity contribution in [3.63, 3.8) is 0 Å². The number of aliphatic hydroxyl groups is 1. The second-order valence-electron chi connectivity index (χ2n) is 22.4. The third-order valence-electron chi connectivity index (χ3n) is 13.6. The van der Waals surface area contributed by atoms with Crippen LogP contribution in [0.4, 0.5) is 4.79 Å². The summed E-state index contributed by atoms with van der Waals surface area (Å²) in [6, 6.07) is 0.430. The molecule has 26 nitrogen and oxygen atoms in total. The lowest BCUT2D eigenvalue weighted by molar-refractivity contribution is -0.136. The monoisotopic (exact) mass is 1380 g/mol. The second kappa shape index (κ2) is 39.2. The number of hydrogen-bond acceptors (Lipinski definition) is 19. The fourth-order valence-corrected chi connectivity index (χ4v) is 14.1. The number of carbonyl (C=O) groups is 9. The van der Waals surface area contributed by atoms with E-state index < -0.39 is 123 Å². The van der Waals surface area contributed by atoms with Crippen molar-refractivity contribution < 1.29 is 66.5 Å². The lowest BCUT2D eigenvalue weighted by Gasteiger charge is -2.29. The van der Waals surface area contributed by atoms with E-state index in [1.807, 2.05) is 0 Å². The molecular weight excluding hydrogens is 1300 g/mol. The van der Waals surface area contributed by atoms with Crippen LogP contribution in [0.25, 0.3) is 10.9 Å². The van der Waals surface area contributed by atoms with Crippen molar-refractivity contribution in [2.45, 2.75) is 147 Å². The summed E-state index contributed by atoms with van der Waals surface area (Å²) in [6.07, 6.45) is 11.4. The number of nitrogens with one attached hydrogen (secondary N) is 10. The minimum Gasteiger partial charge on any atom is -0.508 e. The van der Waals surface area contributed by atoms with E-state index in [0.29, 0.717) is 45.5 Å². The summed E-state index contributed by atoms with van der Waals surface area (Å²) in [6.45, 7) is 17.3. The molecule has 1 aromatic heterocycles. The molecule has 4 rings (SSSR count). The number of ether oxygens (including phenoxy) is 1. The Hall–Kier alpha value is -7.55. The molecular formula is C62H86N12O14S5. The Morgan fingerprint density at radius 2 is 1.51 bits per heavy atom. The summed E-state index contributed by atoms with van der Waals surface area (Å²) in [5, 5.41) is 44.0. The van der Waals surface area contributed by atoms with Gasteiger partial charge in [0, 0.05) is 60.0 Å². The Balaban J connectivity index is 1.90. The van der Waals surface area contributed by atoms with E-state index in [2.05, 4.69) is 70.4 Å². The predicted octanol–water partition coefficient (Wildman–Crippen LogP) is 3.89. The summed E-state index contributed by atoms with van der Waals surface area (Å²) in [5.74, 6) is -8.64. The number of aromatic amines is 1. The van der Waals surface area contributed by atoms with Gasteiger partial charge >= 0.3 is 6.09 Å². The molecule has 0 unspecified atom stereocenters. The van der Waals surface area contributed by atoms with E-state index in [9.17, 15) is 47.4 Å². The van der Waals surface area contributed by atoms with Crippen LogP contribution in [-0.2, 0) is 66.0 Å². The molecule has 3 aromatic rings. The molecule has 1 aliphatic rings. The first-order valence-corrected chi connectivity index (χ1v) is 36.4. The van der Waals surface area contributed by atoms with Crippen LogP contribution in [-0.4, -0.2) is 173 Å². The van der Waals surface area contributed by atoms with Gasteiger partial charge in [-0.3, -0.25) is 43.3 Å². The number of fused-ring (bicyclic) bond motifs is 1. The van der Waals surface area contributed by atoms with Crippen molar-refractivity contribution in [1.29, 1.82) is 0 Å².